The molecule has 19 heavy (non-hydrogen) atoms. The van der Waals surface area contributed by atoms with Gasteiger partial charge in [0.05, 0.1) is 0 Å². The Bertz CT molecular complexity index is 579. The third-order valence-corrected chi connectivity index (χ3v) is 5.14. The van der Waals surface area contributed by atoms with Crippen molar-refractivity contribution in [3.05, 3.63) is 24.0 Å². The predicted octanol–water partition coefficient (Wildman–Crippen LogP) is 1.62. The van der Waals surface area contributed by atoms with Crippen LogP contribution in [0.4, 0.5) is 0 Å². The zero-order valence-electron chi connectivity index (χ0n) is 11.1. The van der Waals surface area contributed by atoms with Gasteiger partial charge in [-0.05, 0) is 30.4 Å². The number of nitriles is 1. The number of nitrogens with zero attached hydrogens (tertiary/aromatic N) is 3. The van der Waals surface area contributed by atoms with E-state index in [2.05, 4.69) is 18.8 Å². The number of sulfonamides is 1. The Labute approximate surface area is 113 Å². The monoisotopic (exact) mass is 279 g/mol. The standard InChI is InChI=1S/C13H17N3O2S/c1-10-5-11(2)9-16(8-10)19(17,18)13-4-3-12(6-14)15-7-13/h3-4,7,10-11H,5,8-9H2,1-2H3. The Morgan fingerprint density at radius 1 is 1.32 bits per heavy atom. The maximum atomic E-state index is 12.5. The Morgan fingerprint density at radius 2 is 1.95 bits per heavy atom. The molecule has 1 aliphatic heterocycles. The van der Waals surface area contributed by atoms with Crippen molar-refractivity contribution >= 4 is 10.0 Å². The van der Waals surface area contributed by atoms with E-state index in [-0.39, 0.29) is 10.6 Å². The summed E-state index contributed by atoms with van der Waals surface area (Å²) in [5, 5.41) is 8.68. The topological polar surface area (TPSA) is 74.1 Å². The van der Waals surface area contributed by atoms with E-state index in [4.69, 9.17) is 5.26 Å². The molecule has 2 rings (SSSR count). The van der Waals surface area contributed by atoms with Crippen molar-refractivity contribution in [1.82, 2.24) is 9.29 Å². The molecule has 6 heteroatoms. The molecule has 1 saturated heterocycles. The highest BCUT2D eigenvalue weighted by atomic mass is 32.2. The maximum Gasteiger partial charge on any atom is 0.244 e. The van der Waals surface area contributed by atoms with Crippen molar-refractivity contribution in [2.45, 2.75) is 25.2 Å². The second-order valence-corrected chi connectivity index (χ2v) is 7.20. The molecule has 1 aromatic heterocycles. The summed E-state index contributed by atoms with van der Waals surface area (Å²) in [6.07, 6.45) is 2.31. The molecule has 0 bridgehead atoms. The number of hydrogen-bond acceptors (Lipinski definition) is 4. The minimum Gasteiger partial charge on any atom is -0.244 e. The fraction of sp³-hybridized carbons (Fsp3) is 0.538. The van der Waals surface area contributed by atoms with Crippen molar-refractivity contribution < 1.29 is 8.42 Å². The first-order chi connectivity index (χ1) is 8.93. The maximum absolute atomic E-state index is 12.5. The Morgan fingerprint density at radius 3 is 2.42 bits per heavy atom. The molecule has 2 atom stereocenters. The molecule has 0 amide bonds. The molecule has 2 heterocycles. The fourth-order valence-electron chi connectivity index (χ4n) is 2.55. The molecular formula is C13H17N3O2S. The zero-order valence-corrected chi connectivity index (χ0v) is 11.9. The summed E-state index contributed by atoms with van der Waals surface area (Å²) in [5.41, 5.74) is 0.222. The third-order valence-electron chi connectivity index (χ3n) is 3.32. The van der Waals surface area contributed by atoms with Crippen LogP contribution in [-0.4, -0.2) is 30.8 Å². The molecular weight excluding hydrogens is 262 g/mol. The van der Waals surface area contributed by atoms with Gasteiger partial charge in [0.25, 0.3) is 0 Å². The average Bonchev–Trinajstić information content (AvgIpc) is 2.37. The van der Waals surface area contributed by atoms with Gasteiger partial charge in [0.15, 0.2) is 0 Å². The van der Waals surface area contributed by atoms with Crippen LogP contribution in [0.25, 0.3) is 0 Å². The molecule has 2 unspecified atom stereocenters. The third kappa shape index (κ3) is 2.94. The van der Waals surface area contributed by atoms with E-state index < -0.39 is 10.0 Å². The van der Waals surface area contributed by atoms with Crippen molar-refractivity contribution in [1.29, 1.82) is 5.26 Å². The van der Waals surface area contributed by atoms with Gasteiger partial charge in [0, 0.05) is 19.3 Å². The van der Waals surface area contributed by atoms with Gasteiger partial charge in [-0.15, -0.1) is 0 Å². The van der Waals surface area contributed by atoms with Crippen LogP contribution < -0.4 is 0 Å². The van der Waals surface area contributed by atoms with Gasteiger partial charge in [-0.1, -0.05) is 13.8 Å². The second kappa shape index (κ2) is 5.27. The van der Waals surface area contributed by atoms with E-state index in [1.54, 1.807) is 0 Å². The second-order valence-electron chi connectivity index (χ2n) is 5.26. The summed E-state index contributed by atoms with van der Waals surface area (Å²) in [6, 6.07) is 4.76. The lowest BCUT2D eigenvalue weighted by Gasteiger charge is -2.33. The van der Waals surface area contributed by atoms with Crippen LogP contribution in [0.2, 0.25) is 0 Å². The first-order valence-electron chi connectivity index (χ1n) is 6.29. The van der Waals surface area contributed by atoms with E-state index in [1.165, 1.54) is 22.6 Å². The number of pyridine rings is 1. The van der Waals surface area contributed by atoms with Crippen LogP contribution >= 0.6 is 0 Å². The van der Waals surface area contributed by atoms with E-state index in [1.807, 2.05) is 6.07 Å². The minimum absolute atomic E-state index is 0.160. The first-order valence-corrected chi connectivity index (χ1v) is 7.74. The summed E-state index contributed by atoms with van der Waals surface area (Å²) in [6.45, 7) is 5.23. The molecule has 0 spiro atoms. The highest BCUT2D eigenvalue weighted by molar-refractivity contribution is 7.89. The molecule has 1 aliphatic rings. The smallest absolute Gasteiger partial charge is 0.244 e. The molecule has 0 aliphatic carbocycles. The number of piperidine rings is 1. The van der Waals surface area contributed by atoms with Gasteiger partial charge < -0.3 is 0 Å². The molecule has 1 aromatic rings. The summed E-state index contributed by atoms with van der Waals surface area (Å²) in [4.78, 5) is 3.99. The average molecular weight is 279 g/mol. The van der Waals surface area contributed by atoms with E-state index >= 15 is 0 Å². The summed E-state index contributed by atoms with van der Waals surface area (Å²) < 4.78 is 26.5. The van der Waals surface area contributed by atoms with Gasteiger partial charge >= 0.3 is 0 Å². The van der Waals surface area contributed by atoms with E-state index in [0.717, 1.165) is 6.42 Å². The molecule has 0 radical (unpaired) electrons. The number of aromatic nitrogens is 1. The van der Waals surface area contributed by atoms with Crippen LogP contribution in [0.1, 0.15) is 26.0 Å². The Balaban J connectivity index is 2.28. The molecule has 1 fully saturated rings. The van der Waals surface area contributed by atoms with Crippen molar-refractivity contribution in [3.8, 4) is 6.07 Å². The zero-order chi connectivity index (χ0) is 14.0. The molecule has 5 nitrogen and oxygen atoms in total. The number of rotatable bonds is 2. The summed E-state index contributed by atoms with van der Waals surface area (Å²) in [7, 11) is -3.49. The lowest BCUT2D eigenvalue weighted by atomic mass is 9.94. The Kier molecular flexibility index (Phi) is 3.88. The lowest BCUT2D eigenvalue weighted by molar-refractivity contribution is 0.222. The SMILES string of the molecule is CC1CC(C)CN(S(=O)(=O)c2ccc(C#N)nc2)C1. The lowest BCUT2D eigenvalue weighted by Crippen LogP contribution is -2.42. The van der Waals surface area contributed by atoms with Crippen molar-refractivity contribution in [2.75, 3.05) is 13.1 Å². The van der Waals surface area contributed by atoms with Gasteiger partial charge in [-0.3, -0.25) is 0 Å². The molecule has 102 valence electrons. The largest absolute Gasteiger partial charge is 0.244 e. The minimum atomic E-state index is -3.49. The van der Waals surface area contributed by atoms with Gasteiger partial charge in [0.1, 0.15) is 16.7 Å². The predicted molar refractivity (Wildman–Crippen MR) is 70.7 cm³/mol. The van der Waals surface area contributed by atoms with Crippen molar-refractivity contribution in [2.24, 2.45) is 11.8 Å². The first kappa shape index (κ1) is 14.0. The highest BCUT2D eigenvalue weighted by Gasteiger charge is 2.31. The van der Waals surface area contributed by atoms with Crippen LogP contribution in [0.15, 0.2) is 23.2 Å². The van der Waals surface area contributed by atoms with Crippen LogP contribution in [-0.2, 0) is 10.0 Å². The summed E-state index contributed by atoms with van der Waals surface area (Å²) in [5.74, 6) is 0.731. The van der Waals surface area contributed by atoms with E-state index in [9.17, 15) is 8.42 Å². The van der Waals surface area contributed by atoms with E-state index in [0.29, 0.717) is 24.9 Å². The van der Waals surface area contributed by atoms with Crippen LogP contribution in [0.5, 0.6) is 0 Å². The van der Waals surface area contributed by atoms with Crippen molar-refractivity contribution in [3.63, 3.8) is 0 Å². The fourth-order valence-corrected chi connectivity index (χ4v) is 4.18. The van der Waals surface area contributed by atoms with Crippen LogP contribution in [0, 0.1) is 23.2 Å². The molecule has 0 N–H and O–H groups in total. The van der Waals surface area contributed by atoms with Gasteiger partial charge in [0.2, 0.25) is 10.0 Å². The quantitative estimate of drug-likeness (QED) is 0.824. The van der Waals surface area contributed by atoms with Gasteiger partial charge in [-0.2, -0.15) is 9.57 Å². The normalized spacial score (nSPS) is 24.9. The summed E-state index contributed by atoms with van der Waals surface area (Å²) >= 11 is 0. The van der Waals surface area contributed by atoms with Crippen LogP contribution in [0.3, 0.4) is 0 Å². The molecule has 0 aromatic carbocycles. The highest BCUT2D eigenvalue weighted by Crippen LogP contribution is 2.26. The number of hydrogen-bond donors (Lipinski definition) is 0. The van der Waals surface area contributed by atoms with Gasteiger partial charge in [-0.25, -0.2) is 13.4 Å². The Hall–Kier alpha value is -1.45. The molecule has 0 saturated carbocycles.